The van der Waals surface area contributed by atoms with E-state index >= 15 is 0 Å². The Bertz CT molecular complexity index is 365. The number of alkyl halides is 3. The molecule has 0 aliphatic rings. The summed E-state index contributed by atoms with van der Waals surface area (Å²) in [5, 5.41) is 8.70. The van der Waals surface area contributed by atoms with E-state index in [-0.39, 0.29) is 12.4 Å². The van der Waals surface area contributed by atoms with Crippen molar-refractivity contribution in [1.82, 2.24) is 0 Å². The van der Waals surface area contributed by atoms with Crippen LogP contribution in [0.1, 0.15) is 5.56 Å². The van der Waals surface area contributed by atoms with Gasteiger partial charge in [0.2, 0.25) is 0 Å². The van der Waals surface area contributed by atoms with Gasteiger partial charge in [0.15, 0.2) is 11.6 Å². The van der Waals surface area contributed by atoms with Crippen LogP contribution in [-0.4, -0.2) is 24.7 Å². The molecule has 0 spiro atoms. The average molecular weight is 254 g/mol. The summed E-state index contributed by atoms with van der Waals surface area (Å²) < 4.78 is 56.1. The summed E-state index contributed by atoms with van der Waals surface area (Å²) in [5.41, 5.74) is 0.349. The molecule has 0 radical (unpaired) electrons. The van der Waals surface area contributed by atoms with Crippen LogP contribution in [0.3, 0.4) is 0 Å². The highest BCUT2D eigenvalue weighted by molar-refractivity contribution is 5.28. The first-order valence-electron chi connectivity index (χ1n) is 4.65. The zero-order chi connectivity index (χ0) is 12.9. The molecule has 1 N–H and O–H groups in total. The van der Waals surface area contributed by atoms with E-state index in [1.165, 1.54) is 12.1 Å². The lowest BCUT2D eigenvalue weighted by atomic mass is 10.2. The van der Waals surface area contributed by atoms with Gasteiger partial charge in [0.1, 0.15) is 6.61 Å². The fourth-order valence-corrected chi connectivity index (χ4v) is 1.07. The summed E-state index contributed by atoms with van der Waals surface area (Å²) in [4.78, 5) is 0. The molecule has 96 valence electrons. The fourth-order valence-electron chi connectivity index (χ4n) is 1.07. The van der Waals surface area contributed by atoms with Crippen molar-refractivity contribution in [3.63, 3.8) is 0 Å². The maximum absolute atomic E-state index is 13.2. The average Bonchev–Trinajstić information content (AvgIpc) is 2.24. The van der Waals surface area contributed by atoms with Gasteiger partial charge in [0, 0.05) is 0 Å². The maximum atomic E-state index is 13.2. The largest absolute Gasteiger partial charge is 0.522 e. The van der Waals surface area contributed by atoms with Gasteiger partial charge >= 0.3 is 6.36 Å². The van der Waals surface area contributed by atoms with Gasteiger partial charge in [-0.2, -0.15) is 0 Å². The number of aliphatic hydroxyl groups is 1. The molecular formula is C10H10F4O3. The summed E-state index contributed by atoms with van der Waals surface area (Å²) >= 11 is 0. The monoisotopic (exact) mass is 254 g/mol. The minimum absolute atomic E-state index is 0.187. The molecule has 0 saturated heterocycles. The van der Waals surface area contributed by atoms with E-state index in [1.54, 1.807) is 0 Å². The summed E-state index contributed by atoms with van der Waals surface area (Å²) in [6.45, 7) is -1.46. The van der Waals surface area contributed by atoms with Crippen molar-refractivity contribution < 1.29 is 32.1 Å². The number of hydrogen-bond donors (Lipinski definition) is 1. The first kappa shape index (κ1) is 13.7. The minimum atomic E-state index is -4.72. The Kier molecular flexibility index (Phi) is 4.71. The summed E-state index contributed by atoms with van der Waals surface area (Å²) in [6, 6.07) is 3.68. The molecule has 3 nitrogen and oxygen atoms in total. The first-order valence-corrected chi connectivity index (χ1v) is 4.65. The lowest BCUT2D eigenvalue weighted by Crippen LogP contribution is -2.18. The van der Waals surface area contributed by atoms with Gasteiger partial charge in [0.25, 0.3) is 0 Å². The molecular weight excluding hydrogens is 244 g/mol. The van der Waals surface area contributed by atoms with Gasteiger partial charge < -0.3 is 9.84 Å². The number of benzene rings is 1. The molecule has 0 amide bonds. The zero-order valence-electron chi connectivity index (χ0n) is 8.63. The van der Waals surface area contributed by atoms with Gasteiger partial charge in [-0.05, 0) is 17.7 Å². The molecule has 0 bridgehead atoms. The van der Waals surface area contributed by atoms with Crippen molar-refractivity contribution >= 4 is 0 Å². The highest BCUT2D eigenvalue weighted by Crippen LogP contribution is 2.19. The van der Waals surface area contributed by atoms with Gasteiger partial charge in [-0.1, -0.05) is 6.07 Å². The number of hydrogen-bond acceptors (Lipinski definition) is 3. The van der Waals surface area contributed by atoms with Crippen LogP contribution in [0.2, 0.25) is 0 Å². The molecule has 0 unspecified atom stereocenters. The Hall–Kier alpha value is -1.34. The van der Waals surface area contributed by atoms with E-state index < -0.39 is 25.4 Å². The Morgan fingerprint density at radius 2 is 1.88 bits per heavy atom. The van der Waals surface area contributed by atoms with Gasteiger partial charge in [0.05, 0.1) is 13.2 Å². The Balaban J connectivity index is 2.42. The third kappa shape index (κ3) is 5.01. The molecule has 1 rings (SSSR count). The second-order valence-corrected chi connectivity index (χ2v) is 3.07. The smallest absolute Gasteiger partial charge is 0.488 e. The van der Waals surface area contributed by atoms with Crippen molar-refractivity contribution in [2.75, 3.05) is 13.2 Å². The predicted molar refractivity (Wildman–Crippen MR) is 49.8 cm³/mol. The summed E-state index contributed by atoms with van der Waals surface area (Å²) in [6.07, 6.45) is -4.72. The molecule has 0 aliphatic carbocycles. The predicted octanol–water partition coefficient (Wildman–Crippen LogP) is 2.23. The Labute approximate surface area is 94.6 Å². The number of aliphatic hydroxyl groups excluding tert-OH is 1. The third-order valence-electron chi connectivity index (χ3n) is 1.79. The van der Waals surface area contributed by atoms with Crippen LogP contribution in [0, 0.1) is 5.82 Å². The van der Waals surface area contributed by atoms with Crippen LogP contribution in [0.15, 0.2) is 18.2 Å². The van der Waals surface area contributed by atoms with Crippen LogP contribution < -0.4 is 4.74 Å². The van der Waals surface area contributed by atoms with Crippen molar-refractivity contribution in [3.8, 4) is 5.75 Å². The molecule has 1 aromatic rings. The highest BCUT2D eigenvalue weighted by atomic mass is 19.4. The second kappa shape index (κ2) is 5.83. The fraction of sp³-hybridized carbons (Fsp3) is 0.400. The van der Waals surface area contributed by atoms with Crippen LogP contribution >= 0.6 is 0 Å². The number of ether oxygens (including phenoxy) is 2. The minimum Gasteiger partial charge on any atom is -0.488 e. The van der Waals surface area contributed by atoms with Crippen LogP contribution in [0.25, 0.3) is 0 Å². The van der Waals surface area contributed by atoms with Crippen molar-refractivity contribution in [2.24, 2.45) is 0 Å². The molecule has 0 saturated carbocycles. The Morgan fingerprint density at radius 1 is 1.18 bits per heavy atom. The quantitative estimate of drug-likeness (QED) is 0.647. The van der Waals surface area contributed by atoms with E-state index in [0.717, 1.165) is 6.07 Å². The molecule has 0 aliphatic heterocycles. The van der Waals surface area contributed by atoms with E-state index in [1.807, 2.05) is 0 Å². The summed E-state index contributed by atoms with van der Waals surface area (Å²) in [5.74, 6) is -0.934. The maximum Gasteiger partial charge on any atom is 0.522 e. The zero-order valence-corrected chi connectivity index (χ0v) is 8.63. The normalized spacial score (nSPS) is 11.6. The SMILES string of the molecule is OCc1ccc(OCCOC(F)(F)F)c(F)c1. The van der Waals surface area contributed by atoms with Gasteiger partial charge in [-0.25, -0.2) is 4.39 Å². The highest BCUT2D eigenvalue weighted by Gasteiger charge is 2.28. The second-order valence-electron chi connectivity index (χ2n) is 3.07. The molecule has 17 heavy (non-hydrogen) atoms. The third-order valence-corrected chi connectivity index (χ3v) is 1.79. The molecule has 0 fully saturated rings. The molecule has 0 heterocycles. The van der Waals surface area contributed by atoms with Gasteiger partial charge in [-0.15, -0.1) is 13.2 Å². The molecule has 0 aromatic heterocycles. The van der Waals surface area contributed by atoms with Crippen LogP contribution in [0.5, 0.6) is 5.75 Å². The van der Waals surface area contributed by atoms with Crippen molar-refractivity contribution in [3.05, 3.63) is 29.6 Å². The van der Waals surface area contributed by atoms with Crippen LogP contribution in [-0.2, 0) is 11.3 Å². The summed E-state index contributed by atoms with van der Waals surface area (Å²) in [7, 11) is 0. The number of halogens is 4. The molecule has 0 atom stereocenters. The van der Waals surface area contributed by atoms with E-state index in [9.17, 15) is 17.6 Å². The van der Waals surface area contributed by atoms with E-state index in [4.69, 9.17) is 9.84 Å². The standard InChI is InChI=1S/C10H10F4O3/c11-8-5-7(6-15)1-2-9(8)16-3-4-17-10(12,13)14/h1-2,5,15H,3-4,6H2. The molecule has 7 heteroatoms. The van der Waals surface area contributed by atoms with Crippen molar-refractivity contribution in [2.45, 2.75) is 13.0 Å². The Morgan fingerprint density at radius 3 is 2.41 bits per heavy atom. The first-order chi connectivity index (χ1) is 7.92. The van der Waals surface area contributed by atoms with Crippen molar-refractivity contribution in [1.29, 1.82) is 0 Å². The number of rotatable bonds is 5. The topological polar surface area (TPSA) is 38.7 Å². The lowest BCUT2D eigenvalue weighted by molar-refractivity contribution is -0.325. The molecule has 1 aromatic carbocycles. The van der Waals surface area contributed by atoms with E-state index in [2.05, 4.69) is 4.74 Å². The van der Waals surface area contributed by atoms with Gasteiger partial charge in [-0.3, -0.25) is 4.74 Å². The lowest BCUT2D eigenvalue weighted by Gasteiger charge is -2.10. The van der Waals surface area contributed by atoms with E-state index in [0.29, 0.717) is 5.56 Å². The van der Waals surface area contributed by atoms with Crippen LogP contribution in [0.4, 0.5) is 17.6 Å².